The summed E-state index contributed by atoms with van der Waals surface area (Å²) in [5.41, 5.74) is 0.312. The van der Waals surface area contributed by atoms with Crippen LogP contribution in [0.15, 0.2) is 12.1 Å². The summed E-state index contributed by atoms with van der Waals surface area (Å²) < 4.78 is 1.65. The average Bonchev–Trinajstić information content (AvgIpc) is 2.96. The van der Waals surface area contributed by atoms with Crippen molar-refractivity contribution in [2.45, 2.75) is 31.3 Å². The Labute approximate surface area is 177 Å². The number of hydrogen-bond acceptors (Lipinski definition) is 6. The van der Waals surface area contributed by atoms with Crippen LogP contribution in [0.3, 0.4) is 0 Å². The average molecular weight is 436 g/mol. The summed E-state index contributed by atoms with van der Waals surface area (Å²) in [7, 11) is 1.76. The van der Waals surface area contributed by atoms with Gasteiger partial charge in [0.2, 0.25) is 5.91 Å². The molecule has 0 saturated carbocycles. The van der Waals surface area contributed by atoms with E-state index in [-0.39, 0.29) is 25.3 Å². The Hall–Kier alpha value is -2.85. The van der Waals surface area contributed by atoms with E-state index in [0.29, 0.717) is 42.2 Å². The lowest BCUT2D eigenvalue weighted by Crippen LogP contribution is -2.49. The van der Waals surface area contributed by atoms with Gasteiger partial charge in [0.15, 0.2) is 5.82 Å². The van der Waals surface area contributed by atoms with E-state index in [9.17, 15) is 19.5 Å². The maximum Gasteiger partial charge on any atom is 0.329 e. The van der Waals surface area contributed by atoms with Crippen LogP contribution < -0.4 is 15.1 Å². The van der Waals surface area contributed by atoms with E-state index in [0.717, 1.165) is 11.2 Å². The van der Waals surface area contributed by atoms with Gasteiger partial charge in [-0.1, -0.05) is 11.6 Å². The SMILES string of the molecule is Cn1nc(N2CCC(=O)NC2=O)c2cc(Cl)c(N3CCC(O)(CC(=O)O)CC3)cc21. The van der Waals surface area contributed by atoms with Crippen LogP contribution in [0.25, 0.3) is 10.9 Å². The Morgan fingerprint density at radius 2 is 1.97 bits per heavy atom. The van der Waals surface area contributed by atoms with Gasteiger partial charge >= 0.3 is 12.0 Å². The number of piperidine rings is 1. The lowest BCUT2D eigenvalue weighted by atomic mass is 9.88. The Balaban J connectivity index is 1.62. The molecule has 0 atom stereocenters. The number of imide groups is 1. The highest BCUT2D eigenvalue weighted by Crippen LogP contribution is 2.38. The normalized spacial score (nSPS) is 19.3. The second kappa shape index (κ2) is 7.44. The number of carbonyl (C=O) groups excluding carboxylic acids is 2. The van der Waals surface area contributed by atoms with E-state index < -0.39 is 17.6 Å². The number of aliphatic carboxylic acids is 1. The third-order valence-corrected chi connectivity index (χ3v) is 6.03. The van der Waals surface area contributed by atoms with E-state index in [2.05, 4.69) is 10.4 Å². The van der Waals surface area contributed by atoms with Crippen LogP contribution in [0.5, 0.6) is 0 Å². The molecule has 2 aliphatic rings. The molecule has 0 radical (unpaired) electrons. The quantitative estimate of drug-likeness (QED) is 0.663. The van der Waals surface area contributed by atoms with Gasteiger partial charge in [-0.15, -0.1) is 0 Å². The zero-order valence-electron chi connectivity index (χ0n) is 16.4. The van der Waals surface area contributed by atoms with Crippen LogP contribution in [0, 0.1) is 0 Å². The summed E-state index contributed by atoms with van der Waals surface area (Å²) in [6, 6.07) is 3.11. The van der Waals surface area contributed by atoms with Crippen molar-refractivity contribution in [1.29, 1.82) is 0 Å². The lowest BCUT2D eigenvalue weighted by Gasteiger charge is -2.38. The number of aryl methyl sites for hydroxylation is 1. The van der Waals surface area contributed by atoms with Crippen molar-refractivity contribution in [2.75, 3.05) is 29.4 Å². The molecule has 0 spiro atoms. The maximum absolute atomic E-state index is 12.2. The number of halogens is 1. The maximum atomic E-state index is 12.2. The first-order valence-electron chi connectivity index (χ1n) is 9.63. The standard InChI is InChI=1S/C19H22ClN5O5/c1-23-13-9-14(24-6-3-19(30,4-7-24)10-16(27)28)12(20)8-11(13)17(22-23)25-5-2-15(26)21-18(25)29/h8-9,30H,2-7,10H2,1H3,(H,27,28)(H,21,26,29). The first-order valence-corrected chi connectivity index (χ1v) is 10.0. The molecule has 160 valence electrons. The van der Waals surface area contributed by atoms with Gasteiger partial charge in [-0.2, -0.15) is 5.10 Å². The fourth-order valence-corrected chi connectivity index (χ4v) is 4.36. The molecular formula is C19H22ClN5O5. The summed E-state index contributed by atoms with van der Waals surface area (Å²) in [5, 5.41) is 27.4. The summed E-state index contributed by atoms with van der Waals surface area (Å²) in [6.45, 7) is 1.18. The monoisotopic (exact) mass is 435 g/mol. The number of carboxylic acid groups (broad SMARTS) is 1. The molecule has 3 heterocycles. The van der Waals surface area contributed by atoms with Gasteiger partial charge in [0.25, 0.3) is 0 Å². The van der Waals surface area contributed by atoms with Gasteiger partial charge in [0.1, 0.15) is 0 Å². The minimum absolute atomic E-state index is 0.197. The number of aliphatic hydroxyl groups is 1. The molecule has 2 aliphatic heterocycles. The van der Waals surface area contributed by atoms with Crippen molar-refractivity contribution in [3.05, 3.63) is 17.2 Å². The highest BCUT2D eigenvalue weighted by molar-refractivity contribution is 6.34. The van der Waals surface area contributed by atoms with Gasteiger partial charge in [-0.25, -0.2) is 4.79 Å². The predicted octanol–water partition coefficient (Wildman–Crippen LogP) is 1.48. The number of amides is 3. The van der Waals surface area contributed by atoms with Crippen molar-refractivity contribution in [2.24, 2.45) is 7.05 Å². The third kappa shape index (κ3) is 3.68. The second-order valence-electron chi connectivity index (χ2n) is 7.80. The Kier molecular flexibility index (Phi) is 5.07. The Bertz CT molecular complexity index is 1040. The second-order valence-corrected chi connectivity index (χ2v) is 8.21. The smallest absolute Gasteiger partial charge is 0.329 e. The fraction of sp³-hybridized carbons (Fsp3) is 0.474. The van der Waals surface area contributed by atoms with Gasteiger partial charge < -0.3 is 15.1 Å². The first kappa shape index (κ1) is 20.4. The van der Waals surface area contributed by atoms with E-state index in [4.69, 9.17) is 16.7 Å². The number of rotatable bonds is 4. The zero-order valence-corrected chi connectivity index (χ0v) is 17.1. The number of anilines is 2. The van der Waals surface area contributed by atoms with Crippen molar-refractivity contribution in [1.82, 2.24) is 15.1 Å². The van der Waals surface area contributed by atoms with Crippen LogP contribution in [-0.4, -0.2) is 63.1 Å². The number of carboxylic acids is 1. The molecule has 2 aromatic rings. The number of nitrogens with zero attached hydrogens (tertiary/aromatic N) is 4. The molecule has 0 unspecified atom stereocenters. The van der Waals surface area contributed by atoms with Gasteiger partial charge in [0, 0.05) is 38.5 Å². The number of fused-ring (bicyclic) bond motifs is 1. The molecule has 3 amide bonds. The molecule has 0 bridgehead atoms. The molecule has 11 heteroatoms. The molecule has 1 aromatic carbocycles. The van der Waals surface area contributed by atoms with Crippen LogP contribution in [0.2, 0.25) is 5.02 Å². The highest BCUT2D eigenvalue weighted by atomic mass is 35.5. The third-order valence-electron chi connectivity index (χ3n) is 5.72. The van der Waals surface area contributed by atoms with E-state index in [1.165, 1.54) is 4.90 Å². The number of urea groups is 1. The Morgan fingerprint density at radius 1 is 1.27 bits per heavy atom. The van der Waals surface area contributed by atoms with Gasteiger partial charge in [-0.05, 0) is 25.0 Å². The summed E-state index contributed by atoms with van der Waals surface area (Å²) in [4.78, 5) is 38.1. The van der Waals surface area contributed by atoms with E-state index >= 15 is 0 Å². The van der Waals surface area contributed by atoms with Crippen molar-refractivity contribution in [3.8, 4) is 0 Å². The van der Waals surface area contributed by atoms with Crippen molar-refractivity contribution >= 4 is 51.9 Å². The largest absolute Gasteiger partial charge is 0.481 e. The molecule has 4 rings (SSSR count). The van der Waals surface area contributed by atoms with Gasteiger partial charge in [-0.3, -0.25) is 24.5 Å². The van der Waals surface area contributed by atoms with Crippen molar-refractivity contribution in [3.63, 3.8) is 0 Å². The van der Waals surface area contributed by atoms with E-state index in [1.807, 2.05) is 11.0 Å². The van der Waals surface area contributed by atoms with Crippen LogP contribution in [-0.2, 0) is 16.6 Å². The highest BCUT2D eigenvalue weighted by Gasteiger charge is 2.35. The zero-order chi connectivity index (χ0) is 21.6. The predicted molar refractivity (Wildman–Crippen MR) is 110 cm³/mol. The molecule has 1 aromatic heterocycles. The number of nitrogens with one attached hydrogen (secondary N) is 1. The topological polar surface area (TPSA) is 128 Å². The number of aromatic nitrogens is 2. The molecule has 30 heavy (non-hydrogen) atoms. The van der Waals surface area contributed by atoms with Crippen LogP contribution in [0.4, 0.5) is 16.3 Å². The minimum Gasteiger partial charge on any atom is -0.481 e. The number of carbonyl (C=O) groups is 3. The number of hydrogen-bond donors (Lipinski definition) is 3. The lowest BCUT2D eigenvalue weighted by molar-refractivity contribution is -0.143. The molecular weight excluding hydrogens is 414 g/mol. The van der Waals surface area contributed by atoms with E-state index in [1.54, 1.807) is 17.8 Å². The fourth-order valence-electron chi connectivity index (χ4n) is 4.08. The minimum atomic E-state index is -1.21. The first-order chi connectivity index (χ1) is 14.2. The molecule has 3 N–H and O–H groups in total. The molecule has 2 saturated heterocycles. The summed E-state index contributed by atoms with van der Waals surface area (Å²) in [5.74, 6) is -0.901. The number of benzene rings is 1. The summed E-state index contributed by atoms with van der Waals surface area (Å²) in [6.07, 6.45) is 0.570. The van der Waals surface area contributed by atoms with Crippen molar-refractivity contribution < 1.29 is 24.6 Å². The van der Waals surface area contributed by atoms with Crippen LogP contribution >= 0.6 is 11.6 Å². The Morgan fingerprint density at radius 3 is 2.60 bits per heavy atom. The van der Waals surface area contributed by atoms with Gasteiger partial charge in [0.05, 0.1) is 28.2 Å². The van der Waals surface area contributed by atoms with Crippen LogP contribution in [0.1, 0.15) is 25.7 Å². The summed E-state index contributed by atoms with van der Waals surface area (Å²) >= 11 is 6.56. The molecule has 2 fully saturated rings. The molecule has 10 nitrogen and oxygen atoms in total. The molecule has 0 aliphatic carbocycles.